The number of rotatable bonds is 9. The minimum atomic E-state index is -3.02. The van der Waals surface area contributed by atoms with Crippen molar-refractivity contribution in [3.05, 3.63) is 79.3 Å². The number of fused-ring (bicyclic) bond motifs is 1. The minimum absolute atomic E-state index is 0.0317. The summed E-state index contributed by atoms with van der Waals surface area (Å²) in [5, 5.41) is 5.11. The molecule has 0 spiro atoms. The van der Waals surface area contributed by atoms with Gasteiger partial charge in [-0.25, -0.2) is 9.97 Å². The molecule has 5 rings (SSSR count). The van der Waals surface area contributed by atoms with Crippen LogP contribution in [0, 0.1) is 0 Å². The molecule has 1 saturated heterocycles. The standard InChI is InChI=1S/C34H40N4O7Si/c1-22(39)37-30-27-18-19-38(31(27)36-21-35-30)32-34(7,45-24(3)41)29(43-23(2)40)28(44-32)20-42-46(33(4,5)6,25-14-10-8-11-15-25)26-16-12-9-13-17-26/h8-19,21,28-29,32H,20H2,1-7H3,(H,35,36,37,39)/t28-,29+,32-,34?/m1/s1. The molecule has 1 unspecified atom stereocenters. The predicted molar refractivity (Wildman–Crippen MR) is 175 cm³/mol. The Morgan fingerprint density at radius 1 is 0.935 bits per heavy atom. The summed E-state index contributed by atoms with van der Waals surface area (Å²) in [6.45, 7) is 12.2. The lowest BCUT2D eigenvalue weighted by atomic mass is 9.95. The van der Waals surface area contributed by atoms with Crippen LogP contribution < -0.4 is 15.7 Å². The number of aromatic nitrogens is 3. The van der Waals surface area contributed by atoms with Gasteiger partial charge in [0, 0.05) is 27.0 Å². The van der Waals surface area contributed by atoms with Gasteiger partial charge in [0.25, 0.3) is 8.32 Å². The van der Waals surface area contributed by atoms with Crippen molar-refractivity contribution in [1.29, 1.82) is 0 Å². The van der Waals surface area contributed by atoms with Crippen LogP contribution in [0.5, 0.6) is 0 Å². The molecule has 0 saturated carbocycles. The van der Waals surface area contributed by atoms with Crippen LogP contribution in [0.25, 0.3) is 11.0 Å². The molecule has 1 amide bonds. The number of carbonyl (C=O) groups is 3. The maximum Gasteiger partial charge on any atom is 0.303 e. The molecule has 2 aromatic carbocycles. The van der Waals surface area contributed by atoms with Crippen molar-refractivity contribution in [1.82, 2.24) is 14.5 Å². The second-order valence-corrected chi connectivity index (χ2v) is 17.0. The fraction of sp³-hybridized carbons (Fsp3) is 0.382. The molecule has 1 aliphatic heterocycles. The van der Waals surface area contributed by atoms with E-state index < -0.39 is 44.3 Å². The largest absolute Gasteiger partial charge is 0.455 e. The first-order valence-electron chi connectivity index (χ1n) is 15.1. The van der Waals surface area contributed by atoms with Crippen molar-refractivity contribution in [2.75, 3.05) is 11.9 Å². The van der Waals surface area contributed by atoms with E-state index in [0.717, 1.165) is 10.4 Å². The van der Waals surface area contributed by atoms with Crippen LogP contribution in [0.1, 0.15) is 54.7 Å². The zero-order chi connectivity index (χ0) is 33.3. The van der Waals surface area contributed by atoms with E-state index in [1.807, 2.05) is 36.4 Å². The Morgan fingerprint density at radius 2 is 1.54 bits per heavy atom. The van der Waals surface area contributed by atoms with E-state index in [9.17, 15) is 14.4 Å². The number of nitrogens with one attached hydrogen (secondary N) is 1. The third-order valence-electron chi connectivity index (χ3n) is 8.29. The van der Waals surface area contributed by atoms with Crippen molar-refractivity contribution in [3.63, 3.8) is 0 Å². The fourth-order valence-corrected chi connectivity index (χ4v) is 11.1. The first-order chi connectivity index (χ1) is 21.8. The zero-order valence-corrected chi connectivity index (χ0v) is 28.1. The molecule has 0 radical (unpaired) electrons. The highest BCUT2D eigenvalue weighted by Crippen LogP contribution is 2.46. The third-order valence-corrected chi connectivity index (χ3v) is 13.3. The summed E-state index contributed by atoms with van der Waals surface area (Å²) in [4.78, 5) is 45.7. The smallest absolute Gasteiger partial charge is 0.303 e. The zero-order valence-electron chi connectivity index (χ0n) is 27.1. The molecule has 0 bridgehead atoms. The summed E-state index contributed by atoms with van der Waals surface area (Å²) < 4.78 is 27.5. The third kappa shape index (κ3) is 6.07. The average molecular weight is 645 g/mol. The van der Waals surface area contributed by atoms with Gasteiger partial charge in [0.1, 0.15) is 23.9 Å². The topological polar surface area (TPSA) is 131 Å². The van der Waals surface area contributed by atoms with Crippen LogP contribution in [-0.4, -0.2) is 65.1 Å². The highest BCUT2D eigenvalue weighted by molar-refractivity contribution is 6.99. The second-order valence-electron chi connectivity index (χ2n) is 12.7. The van der Waals surface area contributed by atoms with Crippen LogP contribution in [0.4, 0.5) is 5.82 Å². The molecule has 242 valence electrons. The van der Waals surface area contributed by atoms with Gasteiger partial charge in [-0.15, -0.1) is 0 Å². The molecule has 3 heterocycles. The fourth-order valence-electron chi connectivity index (χ4n) is 6.54. The molecule has 0 aliphatic carbocycles. The molecule has 4 atom stereocenters. The van der Waals surface area contributed by atoms with Crippen LogP contribution in [0.3, 0.4) is 0 Å². The Kier molecular flexibility index (Phi) is 9.16. The van der Waals surface area contributed by atoms with Gasteiger partial charge < -0.3 is 28.5 Å². The number of carbonyl (C=O) groups excluding carboxylic acids is 3. The van der Waals surface area contributed by atoms with Crippen molar-refractivity contribution < 1.29 is 33.0 Å². The summed E-state index contributed by atoms with van der Waals surface area (Å²) in [5.74, 6) is -1.10. The van der Waals surface area contributed by atoms with E-state index in [4.69, 9.17) is 18.6 Å². The number of nitrogens with zero attached hydrogens (tertiary/aromatic N) is 3. The van der Waals surface area contributed by atoms with E-state index >= 15 is 0 Å². The number of hydrogen-bond acceptors (Lipinski definition) is 9. The molecule has 46 heavy (non-hydrogen) atoms. The SMILES string of the molecule is CC(=O)Nc1ncnc2c1ccn2[C@@H]1O[C@H](CO[Si](c2ccccc2)(c2ccccc2)C(C)(C)C)[C@H](OC(C)=O)C1(C)OC(C)=O. The molecular formula is C34H40N4O7Si. The van der Waals surface area contributed by atoms with Crippen LogP contribution >= 0.6 is 0 Å². The minimum Gasteiger partial charge on any atom is -0.455 e. The predicted octanol–water partition coefficient (Wildman–Crippen LogP) is 4.12. The number of amides is 1. The van der Waals surface area contributed by atoms with E-state index in [1.165, 1.54) is 27.1 Å². The molecule has 4 aromatic rings. The summed E-state index contributed by atoms with van der Waals surface area (Å²) in [5.41, 5.74) is -1.06. The first kappa shape index (κ1) is 33.0. The van der Waals surface area contributed by atoms with E-state index in [1.54, 1.807) is 23.8 Å². The van der Waals surface area contributed by atoms with E-state index in [2.05, 4.69) is 60.3 Å². The summed E-state index contributed by atoms with van der Waals surface area (Å²) >= 11 is 0. The van der Waals surface area contributed by atoms with E-state index in [-0.39, 0.29) is 17.6 Å². The molecule has 2 aromatic heterocycles. The van der Waals surface area contributed by atoms with Gasteiger partial charge in [-0.05, 0) is 28.4 Å². The number of ether oxygens (including phenoxy) is 3. The Balaban J connectivity index is 1.62. The Bertz CT molecular complexity index is 1680. The molecule has 11 nitrogen and oxygen atoms in total. The van der Waals surface area contributed by atoms with Gasteiger partial charge in [-0.3, -0.25) is 14.4 Å². The lowest BCUT2D eigenvalue weighted by Gasteiger charge is -2.43. The average Bonchev–Trinajstić information content (AvgIpc) is 3.52. The van der Waals surface area contributed by atoms with Crippen LogP contribution in [-0.2, 0) is 33.0 Å². The highest BCUT2D eigenvalue weighted by atomic mass is 28.4. The highest BCUT2D eigenvalue weighted by Gasteiger charge is 2.61. The maximum absolute atomic E-state index is 12.6. The summed E-state index contributed by atoms with van der Waals surface area (Å²) in [6, 6.07) is 22.1. The first-order valence-corrected chi connectivity index (χ1v) is 17.0. The molecule has 12 heteroatoms. The molecule has 1 N–H and O–H groups in total. The number of benzene rings is 2. The van der Waals surface area contributed by atoms with Gasteiger partial charge in [0.2, 0.25) is 5.91 Å². The molecular weight excluding hydrogens is 604 g/mol. The second kappa shape index (κ2) is 12.8. The van der Waals surface area contributed by atoms with E-state index in [0.29, 0.717) is 16.9 Å². The number of anilines is 1. The van der Waals surface area contributed by atoms with Gasteiger partial charge >= 0.3 is 11.9 Å². The van der Waals surface area contributed by atoms with Gasteiger partial charge in [-0.2, -0.15) is 0 Å². The van der Waals surface area contributed by atoms with Crippen LogP contribution in [0.2, 0.25) is 5.04 Å². The number of hydrogen-bond donors (Lipinski definition) is 1. The lowest BCUT2D eigenvalue weighted by Crippen LogP contribution is -2.67. The summed E-state index contributed by atoms with van der Waals surface area (Å²) in [6.07, 6.45) is 0.189. The molecule has 1 fully saturated rings. The molecule has 1 aliphatic rings. The van der Waals surface area contributed by atoms with Crippen molar-refractivity contribution in [3.8, 4) is 0 Å². The monoisotopic (exact) mass is 644 g/mol. The number of esters is 2. The Hall–Kier alpha value is -4.39. The maximum atomic E-state index is 12.6. The van der Waals surface area contributed by atoms with Gasteiger partial charge in [0.05, 0.1) is 12.0 Å². The Labute approximate surface area is 269 Å². The quantitative estimate of drug-likeness (QED) is 0.211. The van der Waals surface area contributed by atoms with Gasteiger partial charge in [0.15, 0.2) is 17.9 Å². The van der Waals surface area contributed by atoms with Gasteiger partial charge in [-0.1, -0.05) is 81.4 Å². The Morgan fingerprint density at radius 3 is 2.07 bits per heavy atom. The van der Waals surface area contributed by atoms with Crippen molar-refractivity contribution in [2.45, 2.75) is 77.5 Å². The lowest BCUT2D eigenvalue weighted by molar-refractivity contribution is -0.184. The van der Waals surface area contributed by atoms with Crippen molar-refractivity contribution in [2.24, 2.45) is 0 Å². The normalized spacial score (nSPS) is 21.6. The van der Waals surface area contributed by atoms with Crippen molar-refractivity contribution >= 4 is 53.4 Å². The summed E-state index contributed by atoms with van der Waals surface area (Å²) in [7, 11) is -3.02. The van der Waals surface area contributed by atoms with Crippen LogP contribution in [0.15, 0.2) is 79.3 Å².